The second-order valence-electron chi connectivity index (χ2n) is 15.8. The summed E-state index contributed by atoms with van der Waals surface area (Å²) in [6.07, 6.45) is 21.3. The normalized spacial score (nSPS) is 14.9. The summed E-state index contributed by atoms with van der Waals surface area (Å²) in [6, 6.07) is 0. The van der Waals surface area contributed by atoms with E-state index in [1.807, 2.05) is 0 Å². The molecule has 0 aliphatic rings. The van der Waals surface area contributed by atoms with Crippen LogP contribution in [0.25, 0.3) is 0 Å². The number of aliphatic hydroxyl groups is 1. The first-order valence-electron chi connectivity index (χ1n) is 23.2. The van der Waals surface area contributed by atoms with Crippen LogP contribution in [-0.4, -0.2) is 96.7 Å². The number of unbranched alkanes of at least 4 members (excludes halogenated alkanes) is 20. The second-order valence-corrected chi connectivity index (χ2v) is 18.7. The van der Waals surface area contributed by atoms with Crippen LogP contribution in [0.4, 0.5) is 0 Å². The predicted octanol–water partition coefficient (Wildman–Crippen LogP) is 9.75. The number of aliphatic hydroxyl groups excluding tert-OH is 1. The van der Waals surface area contributed by atoms with Crippen LogP contribution in [-0.2, 0) is 65.4 Å². The minimum Gasteiger partial charge on any atom is -0.462 e. The lowest BCUT2D eigenvalue weighted by Gasteiger charge is -2.21. The van der Waals surface area contributed by atoms with Gasteiger partial charge in [0.2, 0.25) is 0 Å². The summed E-state index contributed by atoms with van der Waals surface area (Å²) < 4.78 is 65.1. The van der Waals surface area contributed by atoms with E-state index < -0.39 is 97.5 Å². The molecule has 0 rings (SSSR count). The van der Waals surface area contributed by atoms with Gasteiger partial charge < -0.3 is 33.8 Å². The summed E-state index contributed by atoms with van der Waals surface area (Å²) in [6.45, 7) is 3.23. The van der Waals surface area contributed by atoms with Gasteiger partial charge in [-0.05, 0) is 19.3 Å². The van der Waals surface area contributed by atoms with Crippen LogP contribution in [0.3, 0.4) is 0 Å². The third-order valence-electron chi connectivity index (χ3n) is 9.62. The van der Waals surface area contributed by atoms with Gasteiger partial charge in [0.25, 0.3) is 0 Å². The molecule has 3 N–H and O–H groups in total. The number of phosphoric ester groups is 2. The Morgan fingerprint density at radius 3 is 1.11 bits per heavy atom. The molecular weight excluding hydrogens is 850 g/mol. The molecule has 0 heterocycles. The third-order valence-corrected chi connectivity index (χ3v) is 11.5. The van der Waals surface area contributed by atoms with Crippen LogP contribution in [0.1, 0.15) is 195 Å². The van der Waals surface area contributed by atoms with Gasteiger partial charge in [-0.3, -0.25) is 37.3 Å². The fourth-order valence-corrected chi connectivity index (χ4v) is 7.72. The molecule has 0 saturated carbocycles. The van der Waals surface area contributed by atoms with Crippen molar-refractivity contribution in [1.82, 2.24) is 0 Å². The molecule has 0 aliphatic heterocycles. The summed E-state index contributed by atoms with van der Waals surface area (Å²) in [4.78, 5) is 68.6. The molecule has 2 unspecified atom stereocenters. The van der Waals surface area contributed by atoms with Crippen LogP contribution in [0.15, 0.2) is 0 Å². The number of carbonyl (C=O) groups is 4. The highest BCUT2D eigenvalue weighted by molar-refractivity contribution is 7.47. The zero-order chi connectivity index (χ0) is 46.3. The van der Waals surface area contributed by atoms with E-state index in [1.54, 1.807) is 6.92 Å². The highest BCUT2D eigenvalue weighted by Gasteiger charge is 2.30. The summed E-state index contributed by atoms with van der Waals surface area (Å²) in [5, 5.41) is 10.2. The standard InChI is InChI=1S/C43H82O17P2/c1-5-8-10-12-14-16-18-19-21-23-25-27-30-43(48)60-40(34-54-42(47)29-26-24-22-20-17-15-13-11-9-6-2)36-58-62(51,52)56-32-38(45)31-55-61(49,50)57-35-39(59-37(4)44)33-53-41(46)28-7-3/h38-40,45H,5-36H2,1-4H3,(H,49,50)(H,51,52)/t38-,39+,40+/m0/s1. The molecular formula is C43H82O17P2. The maximum Gasteiger partial charge on any atom is 0.472 e. The Bertz CT molecular complexity index is 1250. The monoisotopic (exact) mass is 933 g/mol. The van der Waals surface area contributed by atoms with Gasteiger partial charge in [-0.15, -0.1) is 0 Å². The second kappa shape index (κ2) is 39.4. The van der Waals surface area contributed by atoms with Crippen molar-refractivity contribution in [3.63, 3.8) is 0 Å². The van der Waals surface area contributed by atoms with Gasteiger partial charge >= 0.3 is 39.5 Å². The Morgan fingerprint density at radius 2 is 0.742 bits per heavy atom. The first-order chi connectivity index (χ1) is 29.6. The Hall–Kier alpha value is -1.94. The largest absolute Gasteiger partial charge is 0.472 e. The van der Waals surface area contributed by atoms with E-state index in [9.17, 15) is 43.2 Å². The van der Waals surface area contributed by atoms with Crippen molar-refractivity contribution < 1.29 is 80.2 Å². The van der Waals surface area contributed by atoms with E-state index in [-0.39, 0.29) is 19.3 Å². The molecule has 0 saturated heterocycles. The number of ether oxygens (including phenoxy) is 4. The van der Waals surface area contributed by atoms with Gasteiger partial charge in [0, 0.05) is 26.2 Å². The zero-order valence-corrected chi connectivity index (χ0v) is 40.1. The van der Waals surface area contributed by atoms with Crippen molar-refractivity contribution in [2.75, 3.05) is 39.6 Å². The minimum absolute atomic E-state index is 0.106. The van der Waals surface area contributed by atoms with Crippen molar-refractivity contribution in [2.24, 2.45) is 0 Å². The molecule has 0 aromatic rings. The SMILES string of the molecule is CCCCCCCCCCCCCCC(=O)O[C@H](COC(=O)CCCCCCCCCCCC)COP(=O)(O)OC[C@@H](O)COP(=O)(O)OC[C@@H](COC(=O)CCC)OC(C)=O. The molecule has 0 radical (unpaired) electrons. The predicted molar refractivity (Wildman–Crippen MR) is 234 cm³/mol. The maximum absolute atomic E-state index is 12.7. The topological polar surface area (TPSA) is 237 Å². The summed E-state index contributed by atoms with van der Waals surface area (Å²) in [5.74, 6) is -2.41. The average Bonchev–Trinajstić information content (AvgIpc) is 3.22. The van der Waals surface area contributed by atoms with E-state index in [0.717, 1.165) is 51.9 Å². The van der Waals surface area contributed by atoms with E-state index in [1.165, 1.54) is 83.5 Å². The van der Waals surface area contributed by atoms with Crippen molar-refractivity contribution in [3.05, 3.63) is 0 Å². The fraction of sp³-hybridized carbons (Fsp3) is 0.907. The third kappa shape index (κ3) is 39.6. The van der Waals surface area contributed by atoms with Crippen molar-refractivity contribution >= 4 is 39.5 Å². The van der Waals surface area contributed by atoms with Crippen LogP contribution in [0, 0.1) is 0 Å². The molecule has 62 heavy (non-hydrogen) atoms. The van der Waals surface area contributed by atoms with Crippen LogP contribution in [0.2, 0.25) is 0 Å². The highest BCUT2D eigenvalue weighted by atomic mass is 31.2. The van der Waals surface area contributed by atoms with Gasteiger partial charge in [0.05, 0.1) is 26.4 Å². The molecule has 366 valence electrons. The molecule has 0 aliphatic carbocycles. The molecule has 0 spiro atoms. The van der Waals surface area contributed by atoms with Crippen LogP contribution >= 0.6 is 15.6 Å². The van der Waals surface area contributed by atoms with Gasteiger partial charge in [-0.2, -0.15) is 0 Å². The lowest BCUT2D eigenvalue weighted by atomic mass is 10.0. The molecule has 5 atom stereocenters. The van der Waals surface area contributed by atoms with Crippen molar-refractivity contribution in [3.8, 4) is 0 Å². The lowest BCUT2D eigenvalue weighted by Crippen LogP contribution is -2.30. The lowest BCUT2D eigenvalue weighted by molar-refractivity contribution is -0.161. The fourth-order valence-electron chi connectivity index (χ4n) is 6.14. The maximum atomic E-state index is 12.7. The van der Waals surface area contributed by atoms with Gasteiger partial charge in [0.1, 0.15) is 19.3 Å². The van der Waals surface area contributed by atoms with Gasteiger partial charge in [-0.1, -0.05) is 149 Å². The van der Waals surface area contributed by atoms with Crippen molar-refractivity contribution in [1.29, 1.82) is 0 Å². The molecule has 0 fully saturated rings. The smallest absolute Gasteiger partial charge is 0.462 e. The van der Waals surface area contributed by atoms with Gasteiger partial charge in [-0.25, -0.2) is 9.13 Å². The Morgan fingerprint density at radius 1 is 0.419 bits per heavy atom. The number of esters is 4. The zero-order valence-electron chi connectivity index (χ0n) is 38.3. The Labute approximate surface area is 371 Å². The molecule has 0 bridgehead atoms. The van der Waals surface area contributed by atoms with E-state index in [0.29, 0.717) is 19.3 Å². The number of hydrogen-bond donors (Lipinski definition) is 3. The van der Waals surface area contributed by atoms with Crippen LogP contribution in [0.5, 0.6) is 0 Å². The Balaban J connectivity index is 4.93. The van der Waals surface area contributed by atoms with E-state index >= 15 is 0 Å². The molecule has 0 amide bonds. The minimum atomic E-state index is -4.91. The summed E-state index contributed by atoms with van der Waals surface area (Å²) >= 11 is 0. The number of phosphoric acid groups is 2. The first kappa shape index (κ1) is 60.1. The average molecular weight is 933 g/mol. The van der Waals surface area contributed by atoms with E-state index in [2.05, 4.69) is 13.8 Å². The molecule has 0 aromatic heterocycles. The van der Waals surface area contributed by atoms with E-state index in [4.69, 9.17) is 37.0 Å². The van der Waals surface area contributed by atoms with Crippen LogP contribution < -0.4 is 0 Å². The van der Waals surface area contributed by atoms with Gasteiger partial charge in [0.15, 0.2) is 12.2 Å². The van der Waals surface area contributed by atoms with Crippen molar-refractivity contribution in [2.45, 2.75) is 213 Å². The summed E-state index contributed by atoms with van der Waals surface area (Å²) in [5.41, 5.74) is 0. The molecule has 17 nitrogen and oxygen atoms in total. The number of hydrogen-bond acceptors (Lipinski definition) is 15. The Kier molecular flexibility index (Phi) is 38.2. The number of carbonyl (C=O) groups excluding carboxylic acids is 4. The molecule has 19 heteroatoms. The first-order valence-corrected chi connectivity index (χ1v) is 26.2. The molecule has 0 aromatic carbocycles. The quantitative estimate of drug-likeness (QED) is 0.0223. The number of rotatable bonds is 44. The summed E-state index contributed by atoms with van der Waals surface area (Å²) in [7, 11) is -9.77. The highest BCUT2D eigenvalue weighted by Crippen LogP contribution is 2.45.